The average Bonchev–Trinajstić information content (AvgIpc) is 2.20. The van der Waals surface area contributed by atoms with E-state index in [-0.39, 0.29) is 19.6 Å². The van der Waals surface area contributed by atoms with Crippen LogP contribution in [0.2, 0.25) is 0 Å². The van der Waals surface area contributed by atoms with Gasteiger partial charge in [0, 0.05) is 19.6 Å². The Balaban J connectivity index is 3.84. The second kappa shape index (κ2) is 7.32. The highest BCUT2D eigenvalue weighted by atomic mass is 16.4. The number of carboxylic acid groups (broad SMARTS) is 1. The van der Waals surface area contributed by atoms with Gasteiger partial charge >= 0.3 is 18.0 Å². The molecule has 0 saturated carbocycles. The number of likely N-dealkylation sites (N-methyl/N-ethyl adjacent to an activating group) is 1. The fourth-order valence-electron chi connectivity index (χ4n) is 0.957. The Morgan fingerprint density at radius 1 is 1.25 bits per heavy atom. The summed E-state index contributed by atoms with van der Waals surface area (Å²) < 4.78 is 0. The summed E-state index contributed by atoms with van der Waals surface area (Å²) in [6.45, 7) is 2.00. The summed E-state index contributed by atoms with van der Waals surface area (Å²) in [5, 5.41) is 13.2. The highest BCUT2D eigenvalue weighted by molar-refractivity contribution is 5.80. The van der Waals surface area contributed by atoms with Crippen molar-refractivity contribution in [1.29, 1.82) is 0 Å². The van der Waals surface area contributed by atoms with E-state index < -0.39 is 18.0 Å². The number of hydrogen-bond acceptors (Lipinski definition) is 3. The molecule has 0 atom stereocenters. The van der Waals surface area contributed by atoms with Crippen LogP contribution >= 0.6 is 0 Å². The minimum Gasteiger partial charge on any atom is -0.480 e. The van der Waals surface area contributed by atoms with Crippen LogP contribution in [0.4, 0.5) is 9.59 Å². The van der Waals surface area contributed by atoms with Crippen LogP contribution in [0.3, 0.4) is 0 Å². The first-order chi connectivity index (χ1) is 7.47. The predicted molar refractivity (Wildman–Crippen MR) is 55.9 cm³/mol. The molecule has 0 bridgehead atoms. The second-order valence-corrected chi connectivity index (χ2v) is 2.93. The number of primary amides is 1. The lowest BCUT2D eigenvalue weighted by Gasteiger charge is -2.18. The molecule has 8 nitrogen and oxygen atoms in total. The van der Waals surface area contributed by atoms with Crippen molar-refractivity contribution in [1.82, 2.24) is 15.5 Å². The van der Waals surface area contributed by atoms with Crippen LogP contribution in [-0.4, -0.2) is 54.2 Å². The van der Waals surface area contributed by atoms with Crippen LogP contribution in [0, 0.1) is 0 Å². The van der Waals surface area contributed by atoms with Gasteiger partial charge in [-0.25, -0.2) is 9.59 Å². The molecule has 0 aromatic rings. The van der Waals surface area contributed by atoms with Gasteiger partial charge in [0.1, 0.15) is 6.54 Å². The van der Waals surface area contributed by atoms with Crippen molar-refractivity contribution >= 4 is 18.0 Å². The number of rotatable bonds is 6. The van der Waals surface area contributed by atoms with E-state index in [1.807, 2.05) is 0 Å². The van der Waals surface area contributed by atoms with E-state index >= 15 is 0 Å². The quantitative estimate of drug-likeness (QED) is 0.428. The molecule has 8 heteroatoms. The molecule has 0 unspecified atom stereocenters. The lowest BCUT2D eigenvalue weighted by atomic mass is 10.5. The van der Waals surface area contributed by atoms with Crippen LogP contribution in [0.1, 0.15) is 6.92 Å². The first-order valence-electron chi connectivity index (χ1n) is 4.75. The molecule has 0 heterocycles. The lowest BCUT2D eigenvalue weighted by Crippen LogP contribution is -2.45. The van der Waals surface area contributed by atoms with E-state index in [2.05, 4.69) is 10.6 Å². The summed E-state index contributed by atoms with van der Waals surface area (Å²) in [5.41, 5.74) is 4.81. The van der Waals surface area contributed by atoms with Crippen LogP contribution in [0.25, 0.3) is 0 Å². The molecule has 0 aliphatic carbocycles. The van der Waals surface area contributed by atoms with Crippen molar-refractivity contribution < 1.29 is 19.5 Å². The van der Waals surface area contributed by atoms with Gasteiger partial charge in [0.05, 0.1) is 0 Å². The monoisotopic (exact) mass is 232 g/mol. The predicted octanol–water partition coefficient (Wildman–Crippen LogP) is -1.23. The fourth-order valence-corrected chi connectivity index (χ4v) is 0.957. The van der Waals surface area contributed by atoms with Crippen LogP contribution in [0.5, 0.6) is 0 Å². The molecular formula is C8H16N4O4. The zero-order valence-electron chi connectivity index (χ0n) is 9.02. The Morgan fingerprint density at radius 3 is 2.25 bits per heavy atom. The first kappa shape index (κ1) is 14.0. The lowest BCUT2D eigenvalue weighted by molar-refractivity contribution is -0.137. The van der Waals surface area contributed by atoms with Gasteiger partial charge in [-0.2, -0.15) is 0 Å². The largest absolute Gasteiger partial charge is 0.480 e. The number of carbonyl (C=O) groups excluding carboxylic acids is 2. The van der Waals surface area contributed by atoms with E-state index in [0.29, 0.717) is 6.54 Å². The molecule has 16 heavy (non-hydrogen) atoms. The number of nitrogens with one attached hydrogen (secondary N) is 2. The van der Waals surface area contributed by atoms with E-state index in [9.17, 15) is 14.4 Å². The molecule has 92 valence electrons. The molecule has 0 aliphatic heterocycles. The number of carbonyl (C=O) groups is 3. The van der Waals surface area contributed by atoms with Gasteiger partial charge in [-0.05, 0) is 6.92 Å². The number of amides is 4. The number of aliphatic carboxylic acids is 1. The van der Waals surface area contributed by atoms with Crippen LogP contribution < -0.4 is 16.4 Å². The molecule has 0 rings (SSSR count). The Morgan fingerprint density at radius 2 is 1.81 bits per heavy atom. The van der Waals surface area contributed by atoms with Gasteiger partial charge in [0.15, 0.2) is 0 Å². The number of nitrogens with zero attached hydrogens (tertiary/aromatic N) is 1. The summed E-state index contributed by atoms with van der Waals surface area (Å²) >= 11 is 0. The number of hydrogen-bond donors (Lipinski definition) is 4. The Kier molecular flexibility index (Phi) is 6.41. The van der Waals surface area contributed by atoms with Crippen molar-refractivity contribution in [2.24, 2.45) is 5.73 Å². The molecule has 0 aromatic carbocycles. The molecular weight excluding hydrogens is 216 g/mol. The maximum atomic E-state index is 11.4. The average molecular weight is 232 g/mol. The molecule has 0 fully saturated rings. The smallest absolute Gasteiger partial charge is 0.323 e. The van der Waals surface area contributed by atoms with E-state index in [4.69, 9.17) is 10.8 Å². The Bertz CT molecular complexity index is 269. The summed E-state index contributed by atoms with van der Waals surface area (Å²) in [5.74, 6) is -1.08. The molecule has 0 aliphatic rings. The second-order valence-electron chi connectivity index (χ2n) is 2.93. The maximum Gasteiger partial charge on any atom is 0.323 e. The summed E-state index contributed by atoms with van der Waals surface area (Å²) in [6, 6.07) is -1.16. The minimum atomic E-state index is -1.08. The third-order valence-electron chi connectivity index (χ3n) is 1.70. The molecule has 0 radical (unpaired) electrons. The standard InChI is InChI=1S/C8H16N4O4/c1-2-12(5-6(13)14)8(16)11-4-3-10-7(9)15/h2-5H2,1H3,(H,11,16)(H,13,14)(H3,9,10,15). The van der Waals surface area contributed by atoms with Crippen LogP contribution in [-0.2, 0) is 4.79 Å². The summed E-state index contributed by atoms with van der Waals surface area (Å²) in [6.07, 6.45) is 0. The number of carboxylic acids is 1. The van der Waals surface area contributed by atoms with Gasteiger partial charge in [-0.15, -0.1) is 0 Å². The highest BCUT2D eigenvalue weighted by Crippen LogP contribution is 1.88. The molecule has 5 N–H and O–H groups in total. The Hall–Kier alpha value is -1.99. The van der Waals surface area contributed by atoms with E-state index in [1.165, 1.54) is 0 Å². The van der Waals surface area contributed by atoms with Gasteiger partial charge in [-0.3, -0.25) is 4.79 Å². The zero-order valence-corrected chi connectivity index (χ0v) is 9.02. The maximum absolute atomic E-state index is 11.4. The summed E-state index contributed by atoms with van der Waals surface area (Å²) in [4.78, 5) is 33.2. The molecule has 0 spiro atoms. The minimum absolute atomic E-state index is 0.192. The van der Waals surface area contributed by atoms with Gasteiger partial charge in [0.2, 0.25) is 0 Å². The van der Waals surface area contributed by atoms with Gasteiger partial charge in [0.25, 0.3) is 0 Å². The molecule has 0 saturated heterocycles. The normalized spacial score (nSPS) is 9.31. The van der Waals surface area contributed by atoms with Gasteiger partial charge < -0.3 is 26.4 Å². The first-order valence-corrected chi connectivity index (χ1v) is 4.75. The van der Waals surface area contributed by atoms with E-state index in [1.54, 1.807) is 6.92 Å². The topological polar surface area (TPSA) is 125 Å². The van der Waals surface area contributed by atoms with E-state index in [0.717, 1.165) is 4.90 Å². The third-order valence-corrected chi connectivity index (χ3v) is 1.70. The SMILES string of the molecule is CCN(CC(=O)O)C(=O)NCCNC(N)=O. The number of urea groups is 2. The van der Waals surface area contributed by atoms with Crippen molar-refractivity contribution in [3.8, 4) is 0 Å². The van der Waals surface area contributed by atoms with Crippen molar-refractivity contribution in [2.45, 2.75) is 6.92 Å². The third kappa shape index (κ3) is 6.46. The van der Waals surface area contributed by atoms with Crippen molar-refractivity contribution in [2.75, 3.05) is 26.2 Å². The summed E-state index contributed by atoms with van der Waals surface area (Å²) in [7, 11) is 0. The van der Waals surface area contributed by atoms with Crippen LogP contribution in [0.15, 0.2) is 0 Å². The van der Waals surface area contributed by atoms with Crippen molar-refractivity contribution in [3.63, 3.8) is 0 Å². The molecule has 4 amide bonds. The molecule has 0 aromatic heterocycles. The fraction of sp³-hybridized carbons (Fsp3) is 0.625. The number of nitrogens with two attached hydrogens (primary N) is 1. The zero-order chi connectivity index (χ0) is 12.6. The van der Waals surface area contributed by atoms with Crippen molar-refractivity contribution in [3.05, 3.63) is 0 Å². The Labute approximate surface area is 92.8 Å². The van der Waals surface area contributed by atoms with Gasteiger partial charge in [-0.1, -0.05) is 0 Å². The highest BCUT2D eigenvalue weighted by Gasteiger charge is 2.13.